The smallest absolute Gasteiger partial charge is 0.251 e. The van der Waals surface area contributed by atoms with Crippen LogP contribution in [0.15, 0.2) is 27.6 Å². The monoisotopic (exact) mass is 379 g/mol. The number of amides is 1. The van der Waals surface area contributed by atoms with Crippen LogP contribution in [0.5, 0.6) is 0 Å². The second kappa shape index (κ2) is 9.23. The van der Waals surface area contributed by atoms with E-state index in [1.165, 1.54) is 10.6 Å². The minimum Gasteiger partial charge on any atom is -0.344 e. The van der Waals surface area contributed by atoms with Crippen LogP contribution in [0, 0.1) is 5.92 Å². The molecule has 1 atom stereocenters. The first-order chi connectivity index (χ1) is 9.31. The van der Waals surface area contributed by atoms with Crippen LogP contribution >= 0.6 is 28.3 Å². The molecule has 5 nitrogen and oxygen atoms in total. The second-order valence-corrected chi connectivity index (χ2v) is 6.24. The minimum absolute atomic E-state index is 0. The average Bonchev–Trinajstić information content (AvgIpc) is 2.39. The van der Waals surface area contributed by atoms with Gasteiger partial charge in [0.05, 0.1) is 0 Å². The van der Waals surface area contributed by atoms with Gasteiger partial charge in [0, 0.05) is 36.4 Å². The lowest BCUT2D eigenvalue weighted by molar-refractivity contribution is -0.130. The van der Waals surface area contributed by atoms with Gasteiger partial charge in [0.1, 0.15) is 6.54 Å². The Labute approximate surface area is 140 Å². The Morgan fingerprint density at radius 2 is 2.05 bits per heavy atom. The van der Waals surface area contributed by atoms with Crippen LogP contribution in [0.2, 0.25) is 0 Å². The summed E-state index contributed by atoms with van der Waals surface area (Å²) in [7, 11) is 1.73. The zero-order chi connectivity index (χ0) is 15.3. The van der Waals surface area contributed by atoms with E-state index in [2.05, 4.69) is 29.8 Å². The Balaban J connectivity index is 0.00000400. The maximum atomic E-state index is 12.1. The molecule has 1 rings (SSSR count). The minimum atomic E-state index is -0.186. The van der Waals surface area contributed by atoms with Gasteiger partial charge in [-0.2, -0.15) is 0 Å². The van der Waals surface area contributed by atoms with Gasteiger partial charge in [0.15, 0.2) is 0 Å². The van der Waals surface area contributed by atoms with E-state index in [9.17, 15) is 9.59 Å². The third kappa shape index (κ3) is 6.63. The molecule has 0 bridgehead atoms. The van der Waals surface area contributed by atoms with E-state index in [-0.39, 0.29) is 36.5 Å². The Morgan fingerprint density at radius 1 is 1.43 bits per heavy atom. The molecule has 1 heterocycles. The lowest BCUT2D eigenvalue weighted by atomic mass is 10.0. The fourth-order valence-corrected chi connectivity index (χ4v) is 2.07. The van der Waals surface area contributed by atoms with Crippen molar-refractivity contribution in [1.29, 1.82) is 0 Å². The van der Waals surface area contributed by atoms with E-state index in [1.807, 2.05) is 0 Å². The largest absolute Gasteiger partial charge is 0.344 e. The normalized spacial score (nSPS) is 11.9. The molecular formula is C14H23BrClN3O2. The molecule has 0 aromatic carbocycles. The number of carbonyl (C=O) groups excluding carboxylic acids is 1. The Bertz CT molecular complexity index is 519. The summed E-state index contributed by atoms with van der Waals surface area (Å²) in [4.78, 5) is 25.3. The van der Waals surface area contributed by atoms with Crippen LogP contribution in [-0.2, 0) is 11.3 Å². The van der Waals surface area contributed by atoms with E-state index < -0.39 is 0 Å². The van der Waals surface area contributed by atoms with E-state index in [0.717, 1.165) is 10.9 Å². The van der Waals surface area contributed by atoms with Crippen molar-refractivity contribution in [3.8, 4) is 0 Å². The highest BCUT2D eigenvalue weighted by molar-refractivity contribution is 9.10. The molecule has 1 aromatic rings. The molecule has 0 aliphatic carbocycles. The summed E-state index contributed by atoms with van der Waals surface area (Å²) in [5, 5.41) is 0. The molecule has 21 heavy (non-hydrogen) atoms. The van der Waals surface area contributed by atoms with Crippen molar-refractivity contribution in [2.75, 3.05) is 13.6 Å². The number of hydrogen-bond donors (Lipinski definition) is 1. The first-order valence-corrected chi connectivity index (χ1v) is 7.46. The summed E-state index contributed by atoms with van der Waals surface area (Å²) in [5.41, 5.74) is 5.78. The van der Waals surface area contributed by atoms with Crippen LogP contribution in [0.4, 0.5) is 0 Å². The van der Waals surface area contributed by atoms with Gasteiger partial charge >= 0.3 is 0 Å². The SMILES string of the molecule is CC(C)C(N)CCN(C)C(=O)Cn1cc(Br)ccc1=O.Cl. The molecule has 2 N–H and O–H groups in total. The predicted molar refractivity (Wildman–Crippen MR) is 90.7 cm³/mol. The number of hydrogen-bond acceptors (Lipinski definition) is 3. The highest BCUT2D eigenvalue weighted by Crippen LogP contribution is 2.06. The van der Waals surface area contributed by atoms with Crippen molar-refractivity contribution < 1.29 is 4.79 Å². The molecule has 0 aliphatic rings. The van der Waals surface area contributed by atoms with Gasteiger partial charge in [-0.05, 0) is 34.3 Å². The van der Waals surface area contributed by atoms with Gasteiger partial charge in [0.25, 0.3) is 5.56 Å². The highest BCUT2D eigenvalue weighted by Gasteiger charge is 2.13. The lowest BCUT2D eigenvalue weighted by Gasteiger charge is -2.22. The number of nitrogens with zero attached hydrogens (tertiary/aromatic N) is 2. The van der Waals surface area contributed by atoms with E-state index in [1.54, 1.807) is 24.2 Å². The summed E-state index contributed by atoms with van der Waals surface area (Å²) in [6.45, 7) is 4.77. The van der Waals surface area contributed by atoms with Crippen LogP contribution in [0.25, 0.3) is 0 Å². The van der Waals surface area contributed by atoms with Crippen molar-refractivity contribution in [1.82, 2.24) is 9.47 Å². The molecule has 1 unspecified atom stereocenters. The standard InChI is InChI=1S/C14H22BrN3O2.ClH/c1-10(2)12(16)6-7-17(3)14(20)9-18-8-11(15)4-5-13(18)19;/h4-5,8,10,12H,6-7,9,16H2,1-3H3;1H. The molecule has 0 fully saturated rings. The van der Waals surface area contributed by atoms with Gasteiger partial charge in [-0.25, -0.2) is 0 Å². The third-order valence-corrected chi connectivity index (χ3v) is 3.80. The van der Waals surface area contributed by atoms with Gasteiger partial charge in [0.2, 0.25) is 5.91 Å². The van der Waals surface area contributed by atoms with Gasteiger partial charge in [-0.3, -0.25) is 9.59 Å². The van der Waals surface area contributed by atoms with E-state index in [4.69, 9.17) is 5.73 Å². The number of nitrogens with two attached hydrogens (primary N) is 1. The first kappa shape index (κ1) is 20.1. The van der Waals surface area contributed by atoms with Crippen LogP contribution in [0.1, 0.15) is 20.3 Å². The van der Waals surface area contributed by atoms with Crippen LogP contribution in [0.3, 0.4) is 0 Å². The summed E-state index contributed by atoms with van der Waals surface area (Å²) in [6.07, 6.45) is 2.38. The fourth-order valence-electron chi connectivity index (χ4n) is 1.69. The van der Waals surface area contributed by atoms with E-state index >= 15 is 0 Å². The van der Waals surface area contributed by atoms with Crippen LogP contribution in [-0.4, -0.2) is 35.0 Å². The molecule has 0 aliphatic heterocycles. The Hall–Kier alpha value is -0.850. The summed E-state index contributed by atoms with van der Waals surface area (Å²) in [6, 6.07) is 3.18. The maximum Gasteiger partial charge on any atom is 0.251 e. The zero-order valence-electron chi connectivity index (χ0n) is 12.6. The molecule has 0 spiro atoms. The second-order valence-electron chi connectivity index (χ2n) is 5.33. The topological polar surface area (TPSA) is 68.3 Å². The number of halogens is 2. The number of rotatable bonds is 6. The summed E-state index contributed by atoms with van der Waals surface area (Å²) < 4.78 is 2.17. The zero-order valence-corrected chi connectivity index (χ0v) is 15.0. The quantitative estimate of drug-likeness (QED) is 0.819. The molecule has 1 aromatic heterocycles. The van der Waals surface area contributed by atoms with Crippen LogP contribution < -0.4 is 11.3 Å². The van der Waals surface area contributed by atoms with Gasteiger partial charge in [-0.1, -0.05) is 13.8 Å². The molecule has 0 saturated heterocycles. The number of likely N-dealkylation sites (N-methyl/N-ethyl adjacent to an activating group) is 1. The van der Waals surface area contributed by atoms with Crippen molar-refractivity contribution in [3.05, 3.63) is 33.2 Å². The molecular weight excluding hydrogens is 358 g/mol. The maximum absolute atomic E-state index is 12.1. The fraction of sp³-hybridized carbons (Fsp3) is 0.571. The average molecular weight is 381 g/mol. The predicted octanol–water partition coefficient (Wildman–Crippen LogP) is 1.86. The van der Waals surface area contributed by atoms with Crippen molar-refractivity contribution in [2.24, 2.45) is 11.7 Å². The van der Waals surface area contributed by atoms with Gasteiger partial charge in [-0.15, -0.1) is 12.4 Å². The number of carbonyl (C=O) groups is 1. The molecule has 1 amide bonds. The number of pyridine rings is 1. The van der Waals surface area contributed by atoms with Gasteiger partial charge < -0.3 is 15.2 Å². The lowest BCUT2D eigenvalue weighted by Crippen LogP contribution is -2.37. The number of aromatic nitrogens is 1. The van der Waals surface area contributed by atoms with Crippen molar-refractivity contribution in [3.63, 3.8) is 0 Å². The molecule has 120 valence electrons. The van der Waals surface area contributed by atoms with Crippen molar-refractivity contribution >= 4 is 34.2 Å². The Kier molecular flexibility index (Phi) is 8.85. The molecule has 0 saturated carbocycles. The Morgan fingerprint density at radius 3 is 2.62 bits per heavy atom. The molecule has 0 radical (unpaired) electrons. The van der Waals surface area contributed by atoms with Crippen molar-refractivity contribution in [2.45, 2.75) is 32.9 Å². The van der Waals surface area contributed by atoms with E-state index in [0.29, 0.717) is 12.5 Å². The summed E-state index contributed by atoms with van der Waals surface area (Å²) in [5.74, 6) is 0.298. The highest BCUT2D eigenvalue weighted by atomic mass is 79.9. The first-order valence-electron chi connectivity index (χ1n) is 6.66. The summed E-state index contributed by atoms with van der Waals surface area (Å²) >= 11 is 3.29. The molecule has 7 heteroatoms. The third-order valence-electron chi connectivity index (χ3n) is 3.33.